The van der Waals surface area contributed by atoms with Crippen molar-refractivity contribution in [3.05, 3.63) is 47.7 Å². The number of ether oxygens (including phenoxy) is 1. The molecule has 2 N–H and O–H groups in total. The number of para-hydroxylation sites is 1. The van der Waals surface area contributed by atoms with Crippen LogP contribution in [0.2, 0.25) is 0 Å². The lowest BCUT2D eigenvalue weighted by Gasteiger charge is -2.31. The molecule has 1 fully saturated rings. The lowest BCUT2D eigenvalue weighted by atomic mass is 9.97. The van der Waals surface area contributed by atoms with Gasteiger partial charge < -0.3 is 19.8 Å². The summed E-state index contributed by atoms with van der Waals surface area (Å²) in [5.41, 5.74) is 0.995. The van der Waals surface area contributed by atoms with Crippen LogP contribution in [-0.2, 0) is 6.54 Å². The van der Waals surface area contributed by atoms with E-state index < -0.39 is 0 Å². The third kappa shape index (κ3) is 8.68. The Morgan fingerprint density at radius 1 is 1.19 bits per heavy atom. The summed E-state index contributed by atoms with van der Waals surface area (Å²) < 4.78 is 11.4. The number of guanidine groups is 1. The minimum Gasteiger partial charge on any atom is -0.494 e. The van der Waals surface area contributed by atoms with Gasteiger partial charge in [-0.1, -0.05) is 18.2 Å². The molecule has 1 saturated heterocycles. The van der Waals surface area contributed by atoms with Gasteiger partial charge in [-0.05, 0) is 64.3 Å². The molecule has 2 aromatic rings. The number of aliphatic imine (C=N–C) groups is 1. The largest absolute Gasteiger partial charge is 0.494 e. The molecule has 31 heavy (non-hydrogen) atoms. The zero-order valence-corrected chi connectivity index (χ0v) is 21.2. The van der Waals surface area contributed by atoms with Gasteiger partial charge in [0.05, 0.1) is 18.8 Å². The number of likely N-dealkylation sites (tertiary alicyclic amines) is 1. The van der Waals surface area contributed by atoms with Gasteiger partial charge in [0.2, 0.25) is 5.89 Å². The van der Waals surface area contributed by atoms with Crippen LogP contribution in [0.25, 0.3) is 0 Å². The molecule has 0 spiro atoms. The fourth-order valence-corrected chi connectivity index (χ4v) is 3.59. The van der Waals surface area contributed by atoms with Crippen molar-refractivity contribution < 1.29 is 9.15 Å². The second-order valence-corrected chi connectivity index (χ2v) is 7.86. The molecule has 1 aliphatic heterocycles. The summed E-state index contributed by atoms with van der Waals surface area (Å²) in [6.07, 6.45) is 3.27. The summed E-state index contributed by atoms with van der Waals surface area (Å²) in [5.74, 6) is 4.20. The third-order valence-electron chi connectivity index (χ3n) is 5.55. The third-order valence-corrected chi connectivity index (χ3v) is 5.55. The number of aromatic nitrogens is 1. The predicted molar refractivity (Wildman–Crippen MR) is 135 cm³/mol. The number of hydrogen-bond acceptors (Lipinski definition) is 5. The number of benzene rings is 1. The van der Waals surface area contributed by atoms with Crippen LogP contribution in [0.3, 0.4) is 0 Å². The summed E-state index contributed by atoms with van der Waals surface area (Å²) in [5, 5.41) is 6.84. The molecule has 0 aliphatic carbocycles. The van der Waals surface area contributed by atoms with E-state index in [2.05, 4.69) is 25.5 Å². The van der Waals surface area contributed by atoms with E-state index in [1.807, 2.05) is 51.2 Å². The van der Waals surface area contributed by atoms with Gasteiger partial charge in [-0.25, -0.2) is 4.98 Å². The van der Waals surface area contributed by atoms with Gasteiger partial charge in [0.1, 0.15) is 11.5 Å². The average molecular weight is 541 g/mol. The highest BCUT2D eigenvalue weighted by molar-refractivity contribution is 14.0. The summed E-state index contributed by atoms with van der Waals surface area (Å²) in [6, 6.07) is 9.92. The number of nitrogens with zero attached hydrogens (tertiary/aromatic N) is 3. The normalized spacial score (nSPS) is 15.4. The van der Waals surface area contributed by atoms with Crippen LogP contribution in [0.15, 0.2) is 39.7 Å². The Bertz CT molecular complexity index is 769. The number of nitrogens with one attached hydrogen (secondary N) is 2. The van der Waals surface area contributed by atoms with Gasteiger partial charge in [0, 0.05) is 20.1 Å². The first-order valence-electron chi connectivity index (χ1n) is 10.9. The Kier molecular flexibility index (Phi) is 11.1. The Balaban J connectivity index is 0.00000341. The lowest BCUT2D eigenvalue weighted by Crippen LogP contribution is -2.43. The van der Waals surface area contributed by atoms with Crippen molar-refractivity contribution in [1.29, 1.82) is 0 Å². The Hall–Kier alpha value is -1.81. The molecule has 0 atom stereocenters. The maximum absolute atomic E-state index is 5.72. The summed E-state index contributed by atoms with van der Waals surface area (Å²) in [7, 11) is 1.82. The zero-order valence-electron chi connectivity index (χ0n) is 18.9. The molecule has 0 radical (unpaired) electrons. The van der Waals surface area contributed by atoms with Crippen LogP contribution >= 0.6 is 24.0 Å². The van der Waals surface area contributed by atoms with Crippen LogP contribution in [0.4, 0.5) is 0 Å². The van der Waals surface area contributed by atoms with E-state index in [1.165, 1.54) is 12.8 Å². The minimum atomic E-state index is 0. The van der Waals surface area contributed by atoms with Crippen molar-refractivity contribution in [1.82, 2.24) is 20.5 Å². The van der Waals surface area contributed by atoms with Gasteiger partial charge in [-0.2, -0.15) is 0 Å². The standard InChI is InChI=1S/C23H35N5O2.HI/c1-18-19(2)30-22(27-18)17-28-13-10-20(11-14-28)16-26-23(24-3)25-12-7-15-29-21-8-5-4-6-9-21;/h4-6,8-9,20H,7,10-17H2,1-3H3,(H2,24,25,26);1H. The molecule has 1 aliphatic rings. The molecule has 2 heterocycles. The van der Waals surface area contributed by atoms with Crippen molar-refractivity contribution in [2.45, 2.75) is 39.7 Å². The Morgan fingerprint density at radius 3 is 2.58 bits per heavy atom. The summed E-state index contributed by atoms with van der Waals surface area (Å²) in [4.78, 5) is 11.3. The van der Waals surface area contributed by atoms with Crippen molar-refractivity contribution in [3.8, 4) is 5.75 Å². The quantitative estimate of drug-likeness (QED) is 0.218. The predicted octanol–water partition coefficient (Wildman–Crippen LogP) is 3.76. The van der Waals surface area contributed by atoms with E-state index in [4.69, 9.17) is 9.15 Å². The topological polar surface area (TPSA) is 74.9 Å². The number of hydrogen-bond donors (Lipinski definition) is 2. The van der Waals surface area contributed by atoms with E-state index in [9.17, 15) is 0 Å². The first-order valence-corrected chi connectivity index (χ1v) is 10.9. The number of halogens is 1. The van der Waals surface area contributed by atoms with E-state index in [0.29, 0.717) is 12.5 Å². The molecule has 7 nitrogen and oxygen atoms in total. The number of aryl methyl sites for hydroxylation is 2. The molecule has 172 valence electrons. The SMILES string of the molecule is CN=C(NCCCOc1ccccc1)NCC1CCN(Cc2nc(C)c(C)o2)CC1.I. The van der Waals surface area contributed by atoms with Crippen molar-refractivity contribution in [2.75, 3.05) is 39.8 Å². The van der Waals surface area contributed by atoms with Crippen LogP contribution < -0.4 is 15.4 Å². The summed E-state index contributed by atoms with van der Waals surface area (Å²) >= 11 is 0. The van der Waals surface area contributed by atoms with Gasteiger partial charge in [0.15, 0.2) is 5.96 Å². The van der Waals surface area contributed by atoms with E-state index in [0.717, 1.165) is 68.2 Å². The highest BCUT2D eigenvalue weighted by atomic mass is 127. The number of oxazole rings is 1. The second-order valence-electron chi connectivity index (χ2n) is 7.86. The maximum Gasteiger partial charge on any atom is 0.208 e. The maximum atomic E-state index is 5.72. The average Bonchev–Trinajstić information content (AvgIpc) is 3.08. The molecule has 1 aromatic carbocycles. The molecular formula is C23H36IN5O2. The van der Waals surface area contributed by atoms with Crippen molar-refractivity contribution in [2.24, 2.45) is 10.9 Å². The molecule has 3 rings (SSSR count). The first-order chi connectivity index (χ1) is 14.6. The smallest absolute Gasteiger partial charge is 0.208 e. The van der Waals surface area contributed by atoms with Crippen LogP contribution in [0.5, 0.6) is 5.75 Å². The second kappa shape index (κ2) is 13.6. The number of rotatable bonds is 9. The molecule has 0 unspecified atom stereocenters. The lowest BCUT2D eigenvalue weighted by molar-refractivity contribution is 0.164. The highest BCUT2D eigenvalue weighted by Gasteiger charge is 2.21. The van der Waals surface area contributed by atoms with Gasteiger partial charge >= 0.3 is 0 Å². The molecule has 8 heteroatoms. The first kappa shape index (κ1) is 25.5. The van der Waals surface area contributed by atoms with Crippen LogP contribution in [0.1, 0.15) is 36.6 Å². The molecule has 1 aromatic heterocycles. The van der Waals surface area contributed by atoms with Crippen molar-refractivity contribution in [3.63, 3.8) is 0 Å². The zero-order chi connectivity index (χ0) is 21.2. The highest BCUT2D eigenvalue weighted by Crippen LogP contribution is 2.19. The van der Waals surface area contributed by atoms with Gasteiger partial charge in [-0.3, -0.25) is 9.89 Å². The minimum absolute atomic E-state index is 0. The van der Waals surface area contributed by atoms with Gasteiger partial charge in [0.25, 0.3) is 0 Å². The van der Waals surface area contributed by atoms with E-state index in [1.54, 1.807) is 0 Å². The Labute approximate surface area is 203 Å². The van der Waals surface area contributed by atoms with E-state index >= 15 is 0 Å². The number of piperidine rings is 1. The molecular weight excluding hydrogens is 505 g/mol. The molecule has 0 amide bonds. The Morgan fingerprint density at radius 2 is 1.94 bits per heavy atom. The van der Waals surface area contributed by atoms with Crippen molar-refractivity contribution >= 4 is 29.9 Å². The molecule has 0 saturated carbocycles. The summed E-state index contributed by atoms with van der Waals surface area (Å²) in [6.45, 7) is 9.41. The fourth-order valence-electron chi connectivity index (χ4n) is 3.59. The molecule has 0 bridgehead atoms. The monoisotopic (exact) mass is 541 g/mol. The van der Waals surface area contributed by atoms with Gasteiger partial charge in [-0.15, -0.1) is 24.0 Å². The fraction of sp³-hybridized carbons (Fsp3) is 0.565. The van der Waals surface area contributed by atoms with Crippen LogP contribution in [-0.4, -0.2) is 55.7 Å². The van der Waals surface area contributed by atoms with E-state index in [-0.39, 0.29) is 24.0 Å². The van der Waals surface area contributed by atoms with Crippen LogP contribution in [0, 0.1) is 19.8 Å².